The molecule has 2 heterocycles. The van der Waals surface area contributed by atoms with Crippen LogP contribution < -0.4 is 0 Å². The van der Waals surface area contributed by atoms with E-state index in [0.29, 0.717) is 0 Å². The first kappa shape index (κ1) is 12.2. The van der Waals surface area contributed by atoms with Gasteiger partial charge in [0.15, 0.2) is 5.16 Å². The fourth-order valence-corrected chi connectivity index (χ4v) is 2.50. The van der Waals surface area contributed by atoms with Gasteiger partial charge in [-0.05, 0) is 14.1 Å². The summed E-state index contributed by atoms with van der Waals surface area (Å²) in [6, 6.07) is 0. The number of nitrogens with zero attached hydrogens (tertiary/aromatic N) is 4. The minimum Gasteiger partial charge on any atom is -0.322 e. The molecule has 0 amide bonds. The van der Waals surface area contributed by atoms with Crippen LogP contribution in [0.5, 0.6) is 0 Å². The molecule has 0 fully saturated rings. The van der Waals surface area contributed by atoms with Crippen molar-refractivity contribution in [3.8, 4) is 0 Å². The van der Waals surface area contributed by atoms with Crippen LogP contribution in [-0.4, -0.2) is 51.0 Å². The molecule has 0 aliphatic heterocycles. The third-order valence-electron chi connectivity index (χ3n) is 2.35. The van der Waals surface area contributed by atoms with E-state index in [1.54, 1.807) is 11.8 Å². The summed E-state index contributed by atoms with van der Waals surface area (Å²) in [5.74, 6) is 1.05. The van der Waals surface area contributed by atoms with Gasteiger partial charge in [0.1, 0.15) is 0 Å². The largest absolute Gasteiger partial charge is 0.322 e. The summed E-state index contributed by atoms with van der Waals surface area (Å²) >= 11 is 1.78. The highest BCUT2D eigenvalue weighted by molar-refractivity contribution is 7.99. The molecule has 1 N–H and O–H groups in total. The quantitative estimate of drug-likeness (QED) is 0.786. The fourth-order valence-electron chi connectivity index (χ4n) is 1.44. The van der Waals surface area contributed by atoms with E-state index >= 15 is 0 Å². The monoisotopic (exact) mass is 251 g/mol. The van der Waals surface area contributed by atoms with Gasteiger partial charge in [-0.15, -0.1) is 0 Å². The Labute approximate surface area is 105 Å². The van der Waals surface area contributed by atoms with Gasteiger partial charge in [-0.2, -0.15) is 5.10 Å². The average molecular weight is 251 g/mol. The predicted octanol–water partition coefficient (Wildman–Crippen LogP) is 1.31. The summed E-state index contributed by atoms with van der Waals surface area (Å²) in [5, 5.41) is 7.83. The van der Waals surface area contributed by atoms with E-state index in [-0.39, 0.29) is 0 Å². The predicted molar refractivity (Wildman–Crippen MR) is 69.2 cm³/mol. The number of thioether (sulfide) groups is 1. The van der Waals surface area contributed by atoms with Gasteiger partial charge in [-0.25, -0.2) is 4.98 Å². The van der Waals surface area contributed by atoms with E-state index in [1.807, 2.05) is 24.8 Å². The summed E-state index contributed by atoms with van der Waals surface area (Å²) < 4.78 is 2.14. The molecule has 0 saturated carbocycles. The van der Waals surface area contributed by atoms with Crippen molar-refractivity contribution < 1.29 is 0 Å². The summed E-state index contributed by atoms with van der Waals surface area (Å²) in [7, 11) is 4.16. The molecule has 5 nitrogen and oxygen atoms in total. The van der Waals surface area contributed by atoms with Crippen LogP contribution in [0.3, 0.4) is 0 Å². The molecule has 2 rings (SSSR count). The molecule has 0 saturated heterocycles. The van der Waals surface area contributed by atoms with Crippen molar-refractivity contribution in [3.63, 3.8) is 0 Å². The van der Waals surface area contributed by atoms with Crippen LogP contribution in [0.25, 0.3) is 0 Å². The number of H-pyrrole nitrogens is 1. The molecule has 0 atom stereocenters. The zero-order chi connectivity index (χ0) is 12.1. The van der Waals surface area contributed by atoms with E-state index in [2.05, 4.69) is 38.7 Å². The molecule has 92 valence electrons. The van der Waals surface area contributed by atoms with Crippen LogP contribution >= 0.6 is 11.8 Å². The third-order valence-corrected chi connectivity index (χ3v) is 3.34. The van der Waals surface area contributed by atoms with Crippen molar-refractivity contribution in [2.24, 2.45) is 0 Å². The summed E-state index contributed by atoms with van der Waals surface area (Å²) in [4.78, 5) is 6.55. The van der Waals surface area contributed by atoms with Crippen molar-refractivity contribution in [3.05, 3.63) is 30.4 Å². The number of hydrogen-bond donors (Lipinski definition) is 1. The van der Waals surface area contributed by atoms with Crippen LogP contribution in [0.4, 0.5) is 0 Å². The zero-order valence-corrected chi connectivity index (χ0v) is 10.9. The van der Waals surface area contributed by atoms with Crippen molar-refractivity contribution in [2.45, 2.75) is 11.7 Å². The van der Waals surface area contributed by atoms with Crippen LogP contribution in [0.2, 0.25) is 0 Å². The Morgan fingerprint density at radius 3 is 3.06 bits per heavy atom. The zero-order valence-electron chi connectivity index (χ0n) is 10.1. The maximum absolute atomic E-state index is 4.37. The second kappa shape index (κ2) is 5.88. The van der Waals surface area contributed by atoms with Crippen LogP contribution in [-0.2, 0) is 6.54 Å². The van der Waals surface area contributed by atoms with E-state index in [0.717, 1.165) is 29.6 Å². The minimum absolute atomic E-state index is 0.820. The van der Waals surface area contributed by atoms with Crippen LogP contribution in [0.1, 0.15) is 5.56 Å². The molecule has 0 spiro atoms. The number of hydrogen-bond acceptors (Lipinski definition) is 4. The molecule has 0 aromatic carbocycles. The first-order valence-corrected chi connectivity index (χ1v) is 6.50. The molecule has 2 aromatic rings. The summed E-state index contributed by atoms with van der Waals surface area (Å²) in [6.07, 6.45) is 7.60. The molecule has 17 heavy (non-hydrogen) atoms. The van der Waals surface area contributed by atoms with E-state index in [9.17, 15) is 0 Å². The lowest BCUT2D eigenvalue weighted by Gasteiger charge is -2.09. The Bertz CT molecular complexity index is 434. The van der Waals surface area contributed by atoms with Gasteiger partial charge in [0.05, 0.1) is 12.7 Å². The first-order valence-electron chi connectivity index (χ1n) is 5.52. The molecule has 0 unspecified atom stereocenters. The standard InChI is InChI=1S/C11H17N5S/c1-15(2)5-6-17-11-12-3-4-16(11)9-10-7-13-14-8-10/h3-4,7-8H,5-6,9H2,1-2H3,(H,13,14). The Kier molecular flexibility index (Phi) is 4.22. The Hall–Kier alpha value is -1.27. The second-order valence-corrected chi connectivity index (χ2v) is 5.16. The lowest BCUT2D eigenvalue weighted by molar-refractivity contribution is 0.437. The van der Waals surface area contributed by atoms with Gasteiger partial charge < -0.3 is 9.47 Å². The maximum atomic E-state index is 4.37. The number of aromatic amines is 1. The Balaban J connectivity index is 1.92. The SMILES string of the molecule is CN(C)CCSc1nccn1Cc1cn[nH]c1. The molecule has 0 aliphatic rings. The fraction of sp³-hybridized carbons (Fsp3) is 0.455. The van der Waals surface area contributed by atoms with Crippen molar-refractivity contribution in [1.82, 2.24) is 24.6 Å². The molecular weight excluding hydrogens is 234 g/mol. The average Bonchev–Trinajstić information content (AvgIpc) is 2.91. The van der Waals surface area contributed by atoms with Gasteiger partial charge in [-0.3, -0.25) is 5.10 Å². The Morgan fingerprint density at radius 1 is 1.47 bits per heavy atom. The lowest BCUT2D eigenvalue weighted by atomic mass is 10.4. The number of aromatic nitrogens is 4. The summed E-state index contributed by atoms with van der Waals surface area (Å²) in [6.45, 7) is 1.88. The van der Waals surface area contributed by atoms with Gasteiger partial charge in [0.25, 0.3) is 0 Å². The topological polar surface area (TPSA) is 49.7 Å². The lowest BCUT2D eigenvalue weighted by Crippen LogP contribution is -2.15. The van der Waals surface area contributed by atoms with Crippen molar-refractivity contribution in [1.29, 1.82) is 0 Å². The second-order valence-electron chi connectivity index (χ2n) is 4.10. The third kappa shape index (κ3) is 3.61. The highest BCUT2D eigenvalue weighted by atomic mass is 32.2. The van der Waals surface area contributed by atoms with Gasteiger partial charge >= 0.3 is 0 Å². The normalized spacial score (nSPS) is 11.2. The first-order chi connectivity index (χ1) is 8.25. The van der Waals surface area contributed by atoms with Gasteiger partial charge in [0.2, 0.25) is 0 Å². The van der Waals surface area contributed by atoms with Gasteiger partial charge in [0, 0.05) is 36.5 Å². The van der Waals surface area contributed by atoms with E-state index in [4.69, 9.17) is 0 Å². The molecular formula is C11H17N5S. The molecule has 0 aliphatic carbocycles. The van der Waals surface area contributed by atoms with E-state index < -0.39 is 0 Å². The van der Waals surface area contributed by atoms with Crippen LogP contribution in [0.15, 0.2) is 29.9 Å². The van der Waals surface area contributed by atoms with E-state index in [1.165, 1.54) is 0 Å². The Morgan fingerprint density at radius 2 is 2.35 bits per heavy atom. The maximum Gasteiger partial charge on any atom is 0.168 e. The molecule has 0 radical (unpaired) electrons. The number of nitrogens with one attached hydrogen (secondary N) is 1. The molecule has 0 bridgehead atoms. The molecule has 2 aromatic heterocycles. The summed E-state index contributed by atoms with van der Waals surface area (Å²) in [5.41, 5.74) is 1.16. The molecule has 6 heteroatoms. The number of rotatable bonds is 6. The van der Waals surface area contributed by atoms with Crippen molar-refractivity contribution in [2.75, 3.05) is 26.4 Å². The highest BCUT2D eigenvalue weighted by Crippen LogP contribution is 2.16. The van der Waals surface area contributed by atoms with Crippen LogP contribution in [0, 0.1) is 0 Å². The minimum atomic E-state index is 0.820. The highest BCUT2D eigenvalue weighted by Gasteiger charge is 2.05. The number of imidazole rings is 1. The van der Waals surface area contributed by atoms with Crippen molar-refractivity contribution >= 4 is 11.8 Å². The smallest absolute Gasteiger partial charge is 0.168 e. The van der Waals surface area contributed by atoms with Gasteiger partial charge in [-0.1, -0.05) is 11.8 Å².